The summed E-state index contributed by atoms with van der Waals surface area (Å²) >= 11 is 0. The van der Waals surface area contributed by atoms with Gasteiger partial charge in [-0.05, 0) is 59.0 Å². The Kier molecular flexibility index (Phi) is 6.94. The number of aryl methyl sites for hydroxylation is 1. The predicted octanol–water partition coefficient (Wildman–Crippen LogP) is 4.12. The number of alkyl halides is 3. The first-order valence-corrected chi connectivity index (χ1v) is 13.5. The van der Waals surface area contributed by atoms with Gasteiger partial charge >= 0.3 is 6.18 Å². The summed E-state index contributed by atoms with van der Waals surface area (Å²) in [5.74, 6) is -3.08. The number of hydrogen-bond acceptors (Lipinski definition) is 8. The van der Waals surface area contributed by atoms with E-state index in [0.29, 0.717) is 0 Å². The average Bonchev–Trinajstić information content (AvgIpc) is 3.59. The number of hydrogen-bond donors (Lipinski definition) is 2. The number of H-pyrrole nitrogens is 1. The number of amides is 1. The van der Waals surface area contributed by atoms with Crippen molar-refractivity contribution >= 4 is 35.2 Å². The Hall–Kier alpha value is -3.27. The van der Waals surface area contributed by atoms with Gasteiger partial charge in [0.2, 0.25) is 5.88 Å². The second-order valence-electron chi connectivity index (χ2n) is 10.5. The summed E-state index contributed by atoms with van der Waals surface area (Å²) in [4.78, 5) is 18.9. The summed E-state index contributed by atoms with van der Waals surface area (Å²) in [7, 11) is -4.43. The van der Waals surface area contributed by atoms with Crippen molar-refractivity contribution in [3.8, 4) is 11.7 Å². The lowest BCUT2D eigenvalue weighted by atomic mass is 9.94. The molecule has 0 aliphatic carbocycles. The Labute approximate surface area is 250 Å². The van der Waals surface area contributed by atoms with Crippen LogP contribution in [-0.2, 0) is 10.0 Å². The highest BCUT2D eigenvalue weighted by molar-refractivity contribution is 7.90. The van der Waals surface area contributed by atoms with E-state index in [0.717, 1.165) is 24.7 Å². The van der Waals surface area contributed by atoms with Crippen LogP contribution in [0.2, 0.25) is 0 Å². The lowest BCUT2D eigenvalue weighted by Crippen LogP contribution is -2.41. The first-order valence-electron chi connectivity index (χ1n) is 14.5. The van der Waals surface area contributed by atoms with Gasteiger partial charge in [0.1, 0.15) is 17.3 Å². The van der Waals surface area contributed by atoms with Crippen molar-refractivity contribution < 1.29 is 38.0 Å². The molecule has 3 aromatic rings. The van der Waals surface area contributed by atoms with Crippen LogP contribution in [0.1, 0.15) is 63.8 Å². The Bertz CT molecular complexity index is 1710. The maximum atomic E-state index is 13.5. The van der Waals surface area contributed by atoms with Crippen LogP contribution in [-0.4, -0.2) is 64.2 Å². The van der Waals surface area contributed by atoms with Gasteiger partial charge < -0.3 is 9.64 Å². The van der Waals surface area contributed by atoms with E-state index in [1.165, 1.54) is 50.1 Å². The van der Waals surface area contributed by atoms with E-state index in [1.807, 2.05) is 4.72 Å². The van der Waals surface area contributed by atoms with Gasteiger partial charge in [-0.1, -0.05) is 6.85 Å². The molecule has 3 aromatic heterocycles. The molecule has 1 amide bonds. The highest BCUT2D eigenvalue weighted by Crippen LogP contribution is 2.39. The zero-order chi connectivity index (χ0) is 34.0. The average molecular weight is 628 g/mol. The molecule has 4 rings (SSSR count). The van der Waals surface area contributed by atoms with E-state index in [-0.39, 0.29) is 47.2 Å². The van der Waals surface area contributed by atoms with E-state index >= 15 is 0 Å². The van der Waals surface area contributed by atoms with Gasteiger partial charge in [-0.2, -0.15) is 31.8 Å². The second-order valence-corrected chi connectivity index (χ2v) is 12.1. The minimum Gasteiger partial charge on any atom is -0.476 e. The van der Waals surface area contributed by atoms with Crippen LogP contribution in [0, 0.1) is 18.3 Å². The van der Waals surface area contributed by atoms with Gasteiger partial charge in [0.05, 0.1) is 22.9 Å². The predicted molar refractivity (Wildman–Crippen MR) is 150 cm³/mol. The molecule has 11 nitrogen and oxygen atoms in total. The molecule has 0 spiro atoms. The molecular weight excluding hydrogens is 583 g/mol. The molecule has 1 saturated heterocycles. The fourth-order valence-electron chi connectivity index (χ4n) is 3.95. The third-order valence-corrected chi connectivity index (χ3v) is 7.82. The molecule has 1 aliphatic heterocycles. The molecule has 0 bridgehead atoms. The molecular formula is C25H34F3N7O4S2. The smallest absolute Gasteiger partial charge is 0.397 e. The topological polar surface area (TPSA) is 135 Å². The number of sulfonamides is 1. The highest BCUT2D eigenvalue weighted by Gasteiger charge is 2.48. The SMILES string of the molecule is S.[3H]C([3H])([3H])[C@@H]1CN(c2nc(-n3ccc(OCC(C)(C)C(F)(F)F)n3)ccc2C(=O)NS(=O)(=O)c2cn[nH]c2C)C(C)(C)C1([3H])[3H]. The van der Waals surface area contributed by atoms with Crippen LogP contribution in [0.3, 0.4) is 0 Å². The maximum absolute atomic E-state index is 13.5. The van der Waals surface area contributed by atoms with E-state index in [4.69, 9.17) is 11.6 Å². The van der Waals surface area contributed by atoms with Gasteiger partial charge in [-0.15, -0.1) is 5.10 Å². The van der Waals surface area contributed by atoms with Crippen LogP contribution in [0.4, 0.5) is 19.0 Å². The van der Waals surface area contributed by atoms with Gasteiger partial charge in [-0.25, -0.2) is 22.8 Å². The van der Waals surface area contributed by atoms with Crippen molar-refractivity contribution in [3.05, 3.63) is 41.9 Å². The maximum Gasteiger partial charge on any atom is 0.397 e. The summed E-state index contributed by atoms with van der Waals surface area (Å²) < 4.78 is 115. The lowest BCUT2D eigenvalue weighted by Gasteiger charge is -2.34. The minimum atomic E-state index is -4.54. The number of nitrogens with one attached hydrogen (secondary N) is 2. The van der Waals surface area contributed by atoms with Crippen LogP contribution in [0.15, 0.2) is 35.5 Å². The molecule has 4 heterocycles. The zero-order valence-electron chi connectivity index (χ0n) is 27.8. The number of halogens is 3. The van der Waals surface area contributed by atoms with Crippen molar-refractivity contribution in [2.24, 2.45) is 11.3 Å². The van der Waals surface area contributed by atoms with E-state index in [9.17, 15) is 26.4 Å². The van der Waals surface area contributed by atoms with Crippen molar-refractivity contribution in [2.45, 2.75) is 64.5 Å². The van der Waals surface area contributed by atoms with Gasteiger partial charge in [0.15, 0.2) is 5.82 Å². The van der Waals surface area contributed by atoms with Crippen LogP contribution < -0.4 is 14.4 Å². The number of aromatic amines is 1. The third kappa shape index (κ3) is 6.63. The Morgan fingerprint density at radius 3 is 2.61 bits per heavy atom. The number of pyridine rings is 1. The highest BCUT2D eigenvalue weighted by atomic mass is 32.2. The zero-order valence-corrected chi connectivity index (χ0v) is 24.6. The van der Waals surface area contributed by atoms with Crippen molar-refractivity contribution in [1.29, 1.82) is 0 Å². The van der Waals surface area contributed by atoms with Gasteiger partial charge in [0.25, 0.3) is 15.9 Å². The standard InChI is InChI=1S/C25H32F3N7O4S.H2S/c1-15-11-24(5,6)34(13-15)21-17(22(36)33-40(37,38)18-12-29-31-16(18)2)7-8-19(30-21)35-10-9-20(32-35)39-14-23(3,4)25(26,27)28;/h7-10,12,15H,11,13-14H2,1-6H3,(H,29,31)(H,33,36);1H2/t15-;/m0./s1/i1T3,11T2;. The number of aromatic nitrogens is 5. The number of carbonyl (C=O) groups excluding carboxylic acids is 1. The summed E-state index contributed by atoms with van der Waals surface area (Å²) in [6.07, 6.45) is -4.53. The quantitative estimate of drug-likeness (QED) is 0.381. The molecule has 0 unspecified atom stereocenters. The van der Waals surface area contributed by atoms with Crippen molar-refractivity contribution in [3.63, 3.8) is 0 Å². The molecule has 2 N–H and O–H groups in total. The molecule has 1 fully saturated rings. The Morgan fingerprint density at radius 2 is 2.02 bits per heavy atom. The molecule has 0 radical (unpaired) electrons. The normalized spacial score (nSPS) is 20.6. The number of ether oxygens (including phenoxy) is 1. The molecule has 226 valence electrons. The second kappa shape index (κ2) is 11.2. The largest absolute Gasteiger partial charge is 0.476 e. The first kappa shape index (κ1) is 25.4. The fourth-order valence-corrected chi connectivity index (χ4v) is 5.06. The summed E-state index contributed by atoms with van der Waals surface area (Å²) in [6, 6.07) is 3.77. The van der Waals surface area contributed by atoms with Crippen molar-refractivity contribution in [1.82, 2.24) is 29.7 Å². The summed E-state index contributed by atoms with van der Waals surface area (Å²) in [5, 5.41) is 10.2. The molecule has 16 heteroatoms. The first-order chi connectivity index (χ1) is 20.4. The molecule has 0 aromatic carbocycles. The third-order valence-electron chi connectivity index (χ3n) is 6.38. The van der Waals surface area contributed by atoms with E-state index in [1.54, 1.807) is 0 Å². The van der Waals surface area contributed by atoms with Crippen LogP contribution in [0.25, 0.3) is 5.82 Å². The van der Waals surface area contributed by atoms with Crippen LogP contribution in [0.5, 0.6) is 5.88 Å². The summed E-state index contributed by atoms with van der Waals surface area (Å²) in [5.41, 5.74) is -3.91. The minimum absolute atomic E-state index is 0. The molecule has 1 atom stereocenters. The molecule has 0 saturated carbocycles. The summed E-state index contributed by atoms with van der Waals surface area (Å²) in [6.45, 7) is 2.35. The van der Waals surface area contributed by atoms with E-state index in [2.05, 4.69) is 20.3 Å². The Morgan fingerprint density at radius 1 is 1.32 bits per heavy atom. The molecule has 1 aliphatic rings. The monoisotopic (exact) mass is 627 g/mol. The van der Waals surface area contributed by atoms with Crippen molar-refractivity contribution in [2.75, 3.05) is 18.1 Å². The number of rotatable bonds is 8. The molecule has 41 heavy (non-hydrogen) atoms. The van der Waals surface area contributed by atoms with E-state index < -0.39 is 65.4 Å². The van der Waals surface area contributed by atoms with Gasteiger partial charge in [-0.3, -0.25) is 9.89 Å². The Balaban J connectivity index is 0.00000576. The number of nitrogens with zero attached hydrogens (tertiary/aromatic N) is 5. The number of carbonyl (C=O) groups is 1. The van der Waals surface area contributed by atoms with Gasteiger partial charge in [0, 0.05) is 31.2 Å². The fraction of sp³-hybridized carbons (Fsp3) is 0.520. The lowest BCUT2D eigenvalue weighted by molar-refractivity contribution is -0.219. The number of anilines is 1. The van der Waals surface area contributed by atoms with Crippen LogP contribution >= 0.6 is 13.5 Å².